The van der Waals surface area contributed by atoms with Gasteiger partial charge < -0.3 is 16.0 Å². The van der Waals surface area contributed by atoms with Gasteiger partial charge in [0.1, 0.15) is 5.52 Å². The van der Waals surface area contributed by atoms with Gasteiger partial charge in [0.15, 0.2) is 5.82 Å². The van der Waals surface area contributed by atoms with E-state index in [1.807, 2.05) is 13.8 Å². The van der Waals surface area contributed by atoms with Crippen LogP contribution in [-0.2, 0) is 17.5 Å². The van der Waals surface area contributed by atoms with Crippen molar-refractivity contribution in [1.82, 2.24) is 14.7 Å². The van der Waals surface area contributed by atoms with Gasteiger partial charge >= 0.3 is 6.18 Å². The van der Waals surface area contributed by atoms with Crippen LogP contribution in [0.15, 0.2) is 54.7 Å². The minimum absolute atomic E-state index is 0.0777. The minimum atomic E-state index is -4.43. The summed E-state index contributed by atoms with van der Waals surface area (Å²) in [7, 11) is 0. The molecule has 4 rings (SSSR count). The minimum Gasteiger partial charge on any atom is -0.352 e. The summed E-state index contributed by atoms with van der Waals surface area (Å²) in [5.41, 5.74) is 1.50. The van der Waals surface area contributed by atoms with Crippen LogP contribution in [0.5, 0.6) is 0 Å². The van der Waals surface area contributed by atoms with E-state index in [0.717, 1.165) is 29.2 Å². The third kappa shape index (κ3) is 6.59. The van der Waals surface area contributed by atoms with E-state index in [4.69, 9.17) is 11.6 Å². The van der Waals surface area contributed by atoms with Crippen LogP contribution in [0.25, 0.3) is 10.2 Å². The first kappa shape index (κ1) is 27.3. The maximum absolute atomic E-state index is 13.1. The molecule has 2 heterocycles. The predicted octanol–water partition coefficient (Wildman–Crippen LogP) is 7.02. The number of carbonyl (C=O) groups is 2. The van der Waals surface area contributed by atoms with E-state index in [1.165, 1.54) is 18.3 Å². The number of alkyl halides is 3. The predicted molar refractivity (Wildman–Crippen MR) is 143 cm³/mol. The van der Waals surface area contributed by atoms with Crippen LogP contribution in [0.4, 0.5) is 30.4 Å². The molecule has 198 valence electrons. The van der Waals surface area contributed by atoms with Crippen molar-refractivity contribution >= 4 is 62.4 Å². The molecular weight excluding hydrogens is 539 g/mol. The van der Waals surface area contributed by atoms with Crippen molar-refractivity contribution in [3.8, 4) is 0 Å². The van der Waals surface area contributed by atoms with Gasteiger partial charge in [-0.25, -0.2) is 0 Å². The molecule has 0 saturated heterocycles. The molecule has 0 aliphatic rings. The number of halogens is 4. The van der Waals surface area contributed by atoms with Gasteiger partial charge in [0, 0.05) is 24.8 Å². The lowest BCUT2D eigenvalue weighted by atomic mass is 10.1. The quantitative estimate of drug-likeness (QED) is 0.215. The Balaban J connectivity index is 1.50. The third-order valence-corrected chi connectivity index (χ3v) is 6.64. The van der Waals surface area contributed by atoms with Gasteiger partial charge in [-0.3, -0.25) is 14.6 Å². The molecule has 2 aromatic heterocycles. The largest absolute Gasteiger partial charge is 0.416 e. The highest BCUT2D eigenvalue weighted by atomic mass is 35.5. The van der Waals surface area contributed by atoms with E-state index in [0.29, 0.717) is 33.8 Å². The number of carbonyl (C=O) groups excluding carboxylic acids is 2. The Labute approximate surface area is 225 Å². The van der Waals surface area contributed by atoms with Crippen LogP contribution in [0, 0.1) is 5.92 Å². The molecule has 4 aromatic rings. The van der Waals surface area contributed by atoms with E-state index in [-0.39, 0.29) is 29.0 Å². The number of anilines is 3. The number of benzene rings is 2. The van der Waals surface area contributed by atoms with E-state index in [2.05, 4.69) is 25.3 Å². The Bertz CT molecular complexity index is 1470. The van der Waals surface area contributed by atoms with Gasteiger partial charge in [0.05, 0.1) is 26.5 Å². The first-order valence-electron chi connectivity index (χ1n) is 11.6. The first-order valence-corrected chi connectivity index (χ1v) is 12.7. The van der Waals surface area contributed by atoms with Crippen molar-refractivity contribution in [3.05, 3.63) is 76.4 Å². The smallest absolute Gasteiger partial charge is 0.352 e. The Morgan fingerprint density at radius 1 is 1.08 bits per heavy atom. The fourth-order valence-electron chi connectivity index (χ4n) is 3.59. The highest BCUT2D eigenvalue weighted by Gasteiger charge is 2.30. The molecule has 0 aliphatic heterocycles. The molecular formula is C26H23ClF3N5O2S. The number of rotatable bonds is 8. The molecule has 12 heteroatoms. The van der Waals surface area contributed by atoms with E-state index in [1.54, 1.807) is 24.3 Å². The maximum atomic E-state index is 13.1. The highest BCUT2D eigenvalue weighted by Crippen LogP contribution is 2.34. The van der Waals surface area contributed by atoms with Crippen molar-refractivity contribution in [2.75, 3.05) is 10.6 Å². The average Bonchev–Trinajstić information content (AvgIpc) is 3.26. The Hall–Kier alpha value is -3.70. The van der Waals surface area contributed by atoms with Crippen LogP contribution in [0.3, 0.4) is 0 Å². The number of hydrogen-bond acceptors (Lipinski definition) is 6. The summed E-state index contributed by atoms with van der Waals surface area (Å²) in [5, 5.41) is 8.88. The third-order valence-electron chi connectivity index (χ3n) is 5.44. The number of fused-ring (bicyclic) bond motifs is 1. The Morgan fingerprint density at radius 3 is 2.50 bits per heavy atom. The number of aromatic nitrogens is 2. The molecule has 7 nitrogen and oxygen atoms in total. The second kappa shape index (κ2) is 11.4. The lowest BCUT2D eigenvalue weighted by Crippen LogP contribution is -2.24. The zero-order valence-electron chi connectivity index (χ0n) is 20.3. The number of pyridine rings is 1. The maximum Gasteiger partial charge on any atom is 0.416 e. The monoisotopic (exact) mass is 561 g/mol. The van der Waals surface area contributed by atoms with E-state index >= 15 is 0 Å². The molecule has 0 atom stereocenters. The Morgan fingerprint density at radius 2 is 1.82 bits per heavy atom. The van der Waals surface area contributed by atoms with Crippen LogP contribution in [0.1, 0.15) is 41.8 Å². The van der Waals surface area contributed by atoms with Gasteiger partial charge in [-0.15, -0.1) is 0 Å². The second-order valence-electron chi connectivity index (χ2n) is 8.91. The number of nitrogens with one attached hydrogen (secondary N) is 3. The lowest BCUT2D eigenvalue weighted by molar-refractivity contribution is -0.137. The first-order chi connectivity index (χ1) is 18.0. The zero-order valence-corrected chi connectivity index (χ0v) is 21.9. The molecule has 0 bridgehead atoms. The summed E-state index contributed by atoms with van der Waals surface area (Å²) in [5.74, 6) is 0.0451. The van der Waals surface area contributed by atoms with Crippen LogP contribution in [-0.4, -0.2) is 21.2 Å². The average molecular weight is 562 g/mol. The lowest BCUT2D eigenvalue weighted by Gasteiger charge is -2.11. The molecule has 2 amide bonds. The van der Waals surface area contributed by atoms with Crippen LogP contribution < -0.4 is 16.0 Å². The summed E-state index contributed by atoms with van der Waals surface area (Å²) in [6.45, 7) is 4.17. The number of nitrogens with zero attached hydrogens (tertiary/aromatic N) is 2. The van der Waals surface area contributed by atoms with Gasteiger partial charge in [0.25, 0.3) is 5.91 Å². The van der Waals surface area contributed by atoms with Crippen molar-refractivity contribution < 1.29 is 22.8 Å². The Kier molecular flexibility index (Phi) is 8.17. The molecule has 0 unspecified atom stereocenters. The molecule has 3 N–H and O–H groups in total. The SMILES string of the molecule is CC(C)CC(=O)NCc1ccc(Cl)c(C(=O)Nc2ccnc3c(Nc4ccc(C(F)(F)F)cc4)nsc23)c1. The van der Waals surface area contributed by atoms with Crippen molar-refractivity contribution in [2.45, 2.75) is 33.0 Å². The molecule has 38 heavy (non-hydrogen) atoms. The van der Waals surface area contributed by atoms with Crippen molar-refractivity contribution in [3.63, 3.8) is 0 Å². The molecule has 0 aliphatic carbocycles. The molecule has 0 saturated carbocycles. The summed E-state index contributed by atoms with van der Waals surface area (Å²) in [6, 6.07) is 11.1. The van der Waals surface area contributed by atoms with Crippen LogP contribution in [0.2, 0.25) is 5.02 Å². The van der Waals surface area contributed by atoms with Gasteiger partial charge in [0.2, 0.25) is 5.91 Å². The number of hydrogen-bond donors (Lipinski definition) is 3. The molecule has 0 fully saturated rings. The standard InChI is InChI=1S/C26H23ClF3N5O2S/c1-14(2)11-21(36)32-13-15-3-8-19(27)18(12-15)25(37)34-20-9-10-31-22-23(20)38-35-24(22)33-17-6-4-16(5-7-17)26(28,29)30/h3-10,12,14H,11,13H2,1-2H3,(H,32,36)(H,33,35)(H,31,34,37). The zero-order chi connectivity index (χ0) is 27.4. The summed E-state index contributed by atoms with van der Waals surface area (Å²) in [6.07, 6.45) is -2.53. The summed E-state index contributed by atoms with van der Waals surface area (Å²) in [4.78, 5) is 29.4. The van der Waals surface area contributed by atoms with Crippen LogP contribution >= 0.6 is 23.1 Å². The highest BCUT2D eigenvalue weighted by molar-refractivity contribution is 7.14. The van der Waals surface area contributed by atoms with Gasteiger partial charge in [-0.2, -0.15) is 17.5 Å². The topological polar surface area (TPSA) is 96.0 Å². The van der Waals surface area contributed by atoms with E-state index < -0.39 is 17.6 Å². The second-order valence-corrected chi connectivity index (χ2v) is 10.1. The van der Waals surface area contributed by atoms with Crippen molar-refractivity contribution in [2.24, 2.45) is 5.92 Å². The normalized spacial score (nSPS) is 11.6. The fourth-order valence-corrected chi connectivity index (χ4v) is 4.56. The number of amides is 2. The molecule has 0 radical (unpaired) electrons. The van der Waals surface area contributed by atoms with Crippen molar-refractivity contribution in [1.29, 1.82) is 0 Å². The summed E-state index contributed by atoms with van der Waals surface area (Å²) < 4.78 is 43.4. The van der Waals surface area contributed by atoms with Gasteiger partial charge in [-0.1, -0.05) is 31.5 Å². The summed E-state index contributed by atoms with van der Waals surface area (Å²) >= 11 is 7.37. The molecule has 0 spiro atoms. The molecule has 2 aromatic carbocycles. The fraction of sp³-hybridized carbons (Fsp3) is 0.231. The van der Waals surface area contributed by atoms with Gasteiger partial charge in [-0.05, 0) is 65.5 Å². The van der Waals surface area contributed by atoms with E-state index in [9.17, 15) is 22.8 Å².